The summed E-state index contributed by atoms with van der Waals surface area (Å²) in [7, 11) is 0. The van der Waals surface area contributed by atoms with Gasteiger partial charge < -0.3 is 14.9 Å². The van der Waals surface area contributed by atoms with E-state index in [2.05, 4.69) is 15.9 Å². The molecule has 1 fully saturated rings. The molecule has 2 heterocycles. The summed E-state index contributed by atoms with van der Waals surface area (Å²) in [6.45, 7) is -0.992. The number of alkyl halides is 1. The normalized spacial score (nSPS) is 31.8. The van der Waals surface area contributed by atoms with Crippen LogP contribution in [0.3, 0.4) is 0 Å². The van der Waals surface area contributed by atoms with Crippen LogP contribution in [0.1, 0.15) is 6.23 Å². The zero-order valence-corrected chi connectivity index (χ0v) is 10.5. The summed E-state index contributed by atoms with van der Waals surface area (Å²) in [6.07, 6.45) is -4.23. The molecule has 1 aliphatic heterocycles. The van der Waals surface area contributed by atoms with Gasteiger partial charge in [-0.15, -0.1) is 0 Å². The van der Waals surface area contributed by atoms with Crippen LogP contribution in [-0.4, -0.2) is 44.8 Å². The molecule has 0 radical (unpaired) electrons. The van der Waals surface area contributed by atoms with Gasteiger partial charge in [-0.2, -0.15) is 0 Å². The number of aromatic nitrogens is 2. The summed E-state index contributed by atoms with van der Waals surface area (Å²) in [5.74, 6) is 0. The van der Waals surface area contributed by atoms with Crippen molar-refractivity contribution < 1.29 is 19.3 Å². The van der Waals surface area contributed by atoms with Gasteiger partial charge in [-0.1, -0.05) is 0 Å². The molecule has 18 heavy (non-hydrogen) atoms. The summed E-state index contributed by atoms with van der Waals surface area (Å²) in [5.41, 5.74) is -1.45. The van der Waals surface area contributed by atoms with Gasteiger partial charge in [0.05, 0.1) is 4.47 Å². The van der Waals surface area contributed by atoms with Crippen LogP contribution in [0.25, 0.3) is 0 Å². The van der Waals surface area contributed by atoms with Crippen LogP contribution in [0.5, 0.6) is 0 Å². The SMILES string of the molecule is O=c1[nH]c(=O)n([C@@H]2O[C@H](CF)[C@@H](O)[C@H]2O)cc1Br. The highest BCUT2D eigenvalue weighted by Gasteiger charge is 2.44. The Morgan fingerprint density at radius 2 is 2.11 bits per heavy atom. The van der Waals surface area contributed by atoms with E-state index in [1.165, 1.54) is 0 Å². The van der Waals surface area contributed by atoms with Crippen LogP contribution >= 0.6 is 15.9 Å². The van der Waals surface area contributed by atoms with Crippen LogP contribution in [0.2, 0.25) is 0 Å². The number of hydrogen-bond donors (Lipinski definition) is 3. The van der Waals surface area contributed by atoms with Crippen molar-refractivity contribution in [1.82, 2.24) is 9.55 Å². The zero-order chi connectivity index (χ0) is 13.4. The first-order chi connectivity index (χ1) is 8.45. The maximum atomic E-state index is 12.5. The molecule has 0 spiro atoms. The minimum absolute atomic E-state index is 0.0519. The van der Waals surface area contributed by atoms with Crippen molar-refractivity contribution in [2.75, 3.05) is 6.67 Å². The summed E-state index contributed by atoms with van der Waals surface area (Å²) >= 11 is 2.92. The van der Waals surface area contributed by atoms with Crippen molar-refractivity contribution >= 4 is 15.9 Å². The van der Waals surface area contributed by atoms with Crippen molar-refractivity contribution in [3.05, 3.63) is 31.5 Å². The number of hydrogen-bond acceptors (Lipinski definition) is 5. The van der Waals surface area contributed by atoms with Gasteiger partial charge in [0.15, 0.2) is 6.23 Å². The third-order valence-corrected chi connectivity index (χ3v) is 3.25. The fourth-order valence-electron chi connectivity index (χ4n) is 1.74. The van der Waals surface area contributed by atoms with Gasteiger partial charge in [-0.25, -0.2) is 9.18 Å². The largest absolute Gasteiger partial charge is 0.387 e. The fraction of sp³-hybridized carbons (Fsp3) is 0.556. The molecular weight excluding hydrogens is 315 g/mol. The first-order valence-electron chi connectivity index (χ1n) is 5.04. The van der Waals surface area contributed by atoms with E-state index in [1.54, 1.807) is 0 Å². The molecule has 2 rings (SSSR count). The number of aromatic amines is 1. The molecule has 1 aromatic heterocycles. The Labute approximate surface area is 108 Å². The molecular formula is C9H10BrFN2O5. The molecule has 1 saturated heterocycles. The minimum Gasteiger partial charge on any atom is -0.387 e. The van der Waals surface area contributed by atoms with Crippen molar-refractivity contribution in [2.45, 2.75) is 24.5 Å². The Kier molecular flexibility index (Phi) is 3.66. The fourth-order valence-corrected chi connectivity index (χ4v) is 2.06. The van der Waals surface area contributed by atoms with E-state index in [1.807, 2.05) is 4.98 Å². The smallest absolute Gasteiger partial charge is 0.330 e. The lowest BCUT2D eigenvalue weighted by Gasteiger charge is -2.17. The highest BCUT2D eigenvalue weighted by atomic mass is 79.9. The molecule has 0 amide bonds. The number of aliphatic hydroxyl groups excluding tert-OH is 2. The van der Waals surface area contributed by atoms with E-state index >= 15 is 0 Å². The van der Waals surface area contributed by atoms with E-state index in [9.17, 15) is 24.2 Å². The van der Waals surface area contributed by atoms with Crippen molar-refractivity contribution in [3.8, 4) is 0 Å². The zero-order valence-electron chi connectivity index (χ0n) is 8.92. The van der Waals surface area contributed by atoms with Crippen LogP contribution in [0, 0.1) is 0 Å². The number of aliphatic hydroxyl groups is 2. The number of ether oxygens (including phenoxy) is 1. The molecule has 4 atom stereocenters. The van der Waals surface area contributed by atoms with Gasteiger partial charge in [-0.05, 0) is 15.9 Å². The first-order valence-corrected chi connectivity index (χ1v) is 5.83. The predicted octanol–water partition coefficient (Wildman–Crippen LogP) is -1.11. The summed E-state index contributed by atoms with van der Waals surface area (Å²) in [4.78, 5) is 24.7. The highest BCUT2D eigenvalue weighted by molar-refractivity contribution is 9.10. The Bertz CT molecular complexity index is 559. The molecule has 0 aliphatic carbocycles. The van der Waals surface area contributed by atoms with E-state index in [0.717, 1.165) is 10.8 Å². The topological polar surface area (TPSA) is 105 Å². The minimum atomic E-state index is -1.46. The first kappa shape index (κ1) is 13.4. The molecule has 0 bridgehead atoms. The summed E-state index contributed by atoms with van der Waals surface area (Å²) in [5, 5.41) is 19.2. The van der Waals surface area contributed by atoms with Crippen molar-refractivity contribution in [3.63, 3.8) is 0 Å². The second kappa shape index (κ2) is 4.92. The maximum absolute atomic E-state index is 12.5. The number of nitrogens with one attached hydrogen (secondary N) is 1. The Hall–Kier alpha value is -1.03. The molecule has 0 aromatic carbocycles. The summed E-state index contributed by atoms with van der Waals surface area (Å²) < 4.78 is 18.5. The lowest BCUT2D eigenvalue weighted by molar-refractivity contribution is -0.0456. The Balaban J connectivity index is 2.42. The molecule has 0 saturated carbocycles. The van der Waals surface area contributed by atoms with Crippen LogP contribution in [0.4, 0.5) is 4.39 Å². The third kappa shape index (κ3) is 2.14. The average Bonchev–Trinajstić information content (AvgIpc) is 2.61. The molecule has 100 valence electrons. The Morgan fingerprint density at radius 1 is 1.44 bits per heavy atom. The van der Waals surface area contributed by atoms with Crippen molar-refractivity contribution in [1.29, 1.82) is 0 Å². The predicted molar refractivity (Wildman–Crippen MR) is 60.9 cm³/mol. The lowest BCUT2D eigenvalue weighted by atomic mass is 10.1. The third-order valence-electron chi connectivity index (χ3n) is 2.69. The monoisotopic (exact) mass is 324 g/mol. The second-order valence-electron chi connectivity index (χ2n) is 3.84. The molecule has 3 N–H and O–H groups in total. The lowest BCUT2D eigenvalue weighted by Crippen LogP contribution is -2.38. The second-order valence-corrected chi connectivity index (χ2v) is 4.70. The van der Waals surface area contributed by atoms with Crippen LogP contribution in [-0.2, 0) is 4.74 Å². The highest BCUT2D eigenvalue weighted by Crippen LogP contribution is 2.28. The molecule has 0 unspecified atom stereocenters. The van der Waals surface area contributed by atoms with E-state index in [4.69, 9.17) is 4.74 Å². The summed E-state index contributed by atoms with van der Waals surface area (Å²) in [6, 6.07) is 0. The average molecular weight is 325 g/mol. The van der Waals surface area contributed by atoms with Gasteiger partial charge in [0.25, 0.3) is 5.56 Å². The number of H-pyrrole nitrogens is 1. The van der Waals surface area contributed by atoms with Gasteiger partial charge in [-0.3, -0.25) is 14.3 Å². The number of halogens is 2. The molecule has 7 nitrogen and oxygen atoms in total. The van der Waals surface area contributed by atoms with Crippen LogP contribution in [0.15, 0.2) is 20.3 Å². The Morgan fingerprint density at radius 3 is 2.67 bits per heavy atom. The van der Waals surface area contributed by atoms with Gasteiger partial charge in [0.2, 0.25) is 0 Å². The van der Waals surface area contributed by atoms with E-state index < -0.39 is 42.5 Å². The van der Waals surface area contributed by atoms with Gasteiger partial charge >= 0.3 is 5.69 Å². The molecule has 1 aromatic rings. The standard InChI is InChI=1S/C9H10BrFN2O5/c10-3-2-13(9(17)12-7(3)16)8-6(15)5(14)4(1-11)18-8/h2,4-6,8,14-15H,1H2,(H,12,16,17)/t4-,5-,6-,8-/m1/s1. The number of nitrogens with zero attached hydrogens (tertiary/aromatic N) is 1. The van der Waals surface area contributed by atoms with Gasteiger partial charge in [0.1, 0.15) is 25.0 Å². The van der Waals surface area contributed by atoms with Crippen molar-refractivity contribution in [2.24, 2.45) is 0 Å². The molecule has 1 aliphatic rings. The number of rotatable bonds is 2. The van der Waals surface area contributed by atoms with E-state index in [-0.39, 0.29) is 4.47 Å². The van der Waals surface area contributed by atoms with E-state index in [0.29, 0.717) is 0 Å². The maximum Gasteiger partial charge on any atom is 0.330 e. The van der Waals surface area contributed by atoms with Crippen LogP contribution < -0.4 is 11.2 Å². The quantitative estimate of drug-likeness (QED) is 0.639. The molecule has 9 heteroatoms. The van der Waals surface area contributed by atoms with Gasteiger partial charge in [0, 0.05) is 6.20 Å².